The molecule has 0 aliphatic carbocycles. The van der Waals surface area contributed by atoms with Gasteiger partial charge in [0.25, 0.3) is 11.1 Å². The molecule has 0 bridgehead atoms. The molecule has 1 atom stereocenters. The molecule has 0 spiro atoms. The van der Waals surface area contributed by atoms with Gasteiger partial charge in [-0.3, -0.25) is 8.98 Å². The fourth-order valence-corrected chi connectivity index (χ4v) is 1.51. The summed E-state index contributed by atoms with van der Waals surface area (Å²) in [5, 5.41) is 0. The zero-order chi connectivity index (χ0) is 13.1. The number of hydrogen-bond donors (Lipinski definition) is 0. The third kappa shape index (κ3) is 4.57. The molecule has 17 heavy (non-hydrogen) atoms. The fraction of sp³-hybridized carbons (Fsp3) is 0.222. The van der Waals surface area contributed by atoms with Gasteiger partial charge in [-0.2, -0.15) is 13.2 Å². The van der Waals surface area contributed by atoms with Crippen LogP contribution in [0.15, 0.2) is 28.7 Å². The quantitative estimate of drug-likeness (QED) is 0.797. The highest BCUT2D eigenvalue weighted by Crippen LogP contribution is 2.20. The zero-order valence-corrected chi connectivity index (χ0v) is 10.6. The first-order valence-electron chi connectivity index (χ1n) is 4.21. The molecular formula is C9H6BrF3O3S. The summed E-state index contributed by atoms with van der Waals surface area (Å²) in [5.74, 6) is -0.671. The molecule has 8 heteroatoms. The highest BCUT2D eigenvalue weighted by molar-refractivity contribution is 9.10. The molecular weight excluding hydrogens is 325 g/mol. The normalized spacial score (nSPS) is 13.4. The van der Waals surface area contributed by atoms with E-state index in [4.69, 9.17) is 0 Å². The van der Waals surface area contributed by atoms with Crippen molar-refractivity contribution >= 4 is 32.8 Å². The Morgan fingerprint density at radius 3 is 2.29 bits per heavy atom. The van der Waals surface area contributed by atoms with Crippen LogP contribution in [0.2, 0.25) is 0 Å². The van der Waals surface area contributed by atoms with Gasteiger partial charge in [-0.15, -0.1) is 0 Å². The summed E-state index contributed by atoms with van der Waals surface area (Å²) in [4.78, 5) is 11.3. The second-order valence-electron chi connectivity index (χ2n) is 2.87. The molecule has 0 fully saturated rings. The van der Waals surface area contributed by atoms with Crippen molar-refractivity contribution in [2.75, 3.05) is 6.61 Å². The monoisotopic (exact) mass is 330 g/mol. The Morgan fingerprint density at radius 2 is 1.82 bits per heavy atom. The Hall–Kier alpha value is -0.730. The molecule has 0 radical (unpaired) electrons. The van der Waals surface area contributed by atoms with Crippen LogP contribution in [0.3, 0.4) is 0 Å². The number of rotatable bonds is 4. The summed E-state index contributed by atoms with van der Waals surface area (Å²) >= 11 is -0.323. The summed E-state index contributed by atoms with van der Waals surface area (Å²) < 4.78 is 50.6. The topological polar surface area (TPSA) is 43.4 Å². The molecule has 0 saturated heterocycles. The average molecular weight is 331 g/mol. The Labute approximate surface area is 106 Å². The lowest BCUT2D eigenvalue weighted by atomic mass is 10.1. The second kappa shape index (κ2) is 5.74. The largest absolute Gasteiger partial charge is 0.497 e. The maximum atomic E-state index is 11.8. The van der Waals surface area contributed by atoms with Crippen LogP contribution in [0, 0.1) is 0 Å². The molecule has 94 valence electrons. The highest BCUT2D eigenvalue weighted by atomic mass is 79.9. The van der Waals surface area contributed by atoms with Crippen molar-refractivity contribution in [2.24, 2.45) is 0 Å². The molecule has 0 amide bonds. The molecule has 0 aromatic heterocycles. The van der Waals surface area contributed by atoms with Gasteiger partial charge < -0.3 is 0 Å². The second-order valence-corrected chi connectivity index (χ2v) is 4.96. The third-order valence-corrected chi connectivity index (χ3v) is 2.89. The van der Waals surface area contributed by atoms with Gasteiger partial charge in [0.2, 0.25) is 0 Å². The molecule has 0 heterocycles. The van der Waals surface area contributed by atoms with Crippen LogP contribution in [-0.2, 0) is 15.3 Å². The molecule has 0 saturated carbocycles. The summed E-state index contributed by atoms with van der Waals surface area (Å²) in [6, 6.07) is 5.97. The number of benzene rings is 1. The minimum atomic E-state index is -4.97. The van der Waals surface area contributed by atoms with Crippen LogP contribution in [0.25, 0.3) is 0 Å². The minimum Gasteiger partial charge on any atom is -0.292 e. The van der Waals surface area contributed by atoms with E-state index < -0.39 is 29.0 Å². The van der Waals surface area contributed by atoms with Crippen LogP contribution >= 0.6 is 15.9 Å². The van der Waals surface area contributed by atoms with E-state index >= 15 is 0 Å². The van der Waals surface area contributed by atoms with Crippen LogP contribution in [0.5, 0.6) is 0 Å². The van der Waals surface area contributed by atoms with Gasteiger partial charge in [0, 0.05) is 10.0 Å². The van der Waals surface area contributed by atoms with Crippen LogP contribution in [0.1, 0.15) is 10.4 Å². The summed E-state index contributed by atoms with van der Waals surface area (Å²) in [6.45, 7) is -0.881. The fourth-order valence-electron chi connectivity index (χ4n) is 0.893. The van der Waals surface area contributed by atoms with Crippen molar-refractivity contribution in [3.8, 4) is 0 Å². The van der Waals surface area contributed by atoms with Gasteiger partial charge >= 0.3 is 5.51 Å². The van der Waals surface area contributed by atoms with Gasteiger partial charge in [-0.25, -0.2) is 4.21 Å². The van der Waals surface area contributed by atoms with Gasteiger partial charge in [-0.05, 0) is 12.1 Å². The summed E-state index contributed by atoms with van der Waals surface area (Å²) in [7, 11) is 0. The predicted octanol–water partition coefficient (Wildman–Crippen LogP) is 2.83. The van der Waals surface area contributed by atoms with Gasteiger partial charge in [0.1, 0.15) is 6.61 Å². The van der Waals surface area contributed by atoms with Gasteiger partial charge in [0.05, 0.1) is 0 Å². The van der Waals surface area contributed by atoms with E-state index in [9.17, 15) is 22.2 Å². The number of carbonyl (C=O) groups excluding carboxylic acids is 1. The Kier molecular flexibility index (Phi) is 4.84. The lowest BCUT2D eigenvalue weighted by Gasteiger charge is -2.05. The first kappa shape index (κ1) is 14.3. The SMILES string of the molecule is O=C(COS(=O)C(F)(F)F)c1ccc(Br)cc1. The highest BCUT2D eigenvalue weighted by Gasteiger charge is 2.38. The standard InChI is InChI=1S/C9H6BrF3O3S/c10-7-3-1-6(2-4-7)8(14)5-16-17(15)9(11,12)13/h1-4H,5H2. The molecule has 3 nitrogen and oxygen atoms in total. The maximum Gasteiger partial charge on any atom is 0.497 e. The molecule has 0 N–H and O–H groups in total. The van der Waals surface area contributed by atoms with Crippen molar-refractivity contribution in [3.63, 3.8) is 0 Å². The summed E-state index contributed by atoms with van der Waals surface area (Å²) in [6.07, 6.45) is 0. The number of hydrogen-bond acceptors (Lipinski definition) is 3. The smallest absolute Gasteiger partial charge is 0.292 e. The Morgan fingerprint density at radius 1 is 1.29 bits per heavy atom. The molecule has 1 rings (SSSR count). The van der Waals surface area contributed by atoms with E-state index in [1.165, 1.54) is 12.1 Å². The van der Waals surface area contributed by atoms with E-state index in [1.807, 2.05) is 0 Å². The van der Waals surface area contributed by atoms with Gasteiger partial charge in [-0.1, -0.05) is 28.1 Å². The van der Waals surface area contributed by atoms with Gasteiger partial charge in [0.15, 0.2) is 5.78 Å². The minimum absolute atomic E-state index is 0.187. The molecule has 1 aromatic carbocycles. The third-order valence-electron chi connectivity index (χ3n) is 1.65. The van der Waals surface area contributed by atoms with E-state index in [-0.39, 0.29) is 5.56 Å². The van der Waals surface area contributed by atoms with Crippen molar-refractivity contribution < 1.29 is 26.4 Å². The summed E-state index contributed by atoms with van der Waals surface area (Å²) in [5.41, 5.74) is -4.78. The number of carbonyl (C=O) groups is 1. The number of halogens is 4. The van der Waals surface area contributed by atoms with Crippen LogP contribution < -0.4 is 0 Å². The van der Waals surface area contributed by atoms with Crippen molar-refractivity contribution in [3.05, 3.63) is 34.3 Å². The van der Waals surface area contributed by atoms with Crippen molar-refractivity contribution in [1.29, 1.82) is 0 Å². The number of alkyl halides is 3. The predicted molar refractivity (Wildman–Crippen MR) is 58.6 cm³/mol. The zero-order valence-electron chi connectivity index (χ0n) is 8.16. The van der Waals surface area contributed by atoms with E-state index in [1.54, 1.807) is 12.1 Å². The first-order valence-corrected chi connectivity index (χ1v) is 6.08. The molecule has 1 unspecified atom stereocenters. The lowest BCUT2D eigenvalue weighted by molar-refractivity contribution is -0.0467. The van der Waals surface area contributed by atoms with E-state index in [0.29, 0.717) is 0 Å². The molecule has 1 aromatic rings. The van der Waals surface area contributed by atoms with E-state index in [2.05, 4.69) is 20.1 Å². The lowest BCUT2D eigenvalue weighted by Crippen LogP contribution is -2.21. The van der Waals surface area contributed by atoms with Crippen LogP contribution in [-0.4, -0.2) is 22.1 Å². The van der Waals surface area contributed by atoms with Crippen molar-refractivity contribution in [1.82, 2.24) is 0 Å². The molecule has 0 aliphatic heterocycles. The number of ketones is 1. The van der Waals surface area contributed by atoms with Crippen molar-refractivity contribution in [2.45, 2.75) is 5.51 Å². The van der Waals surface area contributed by atoms with E-state index in [0.717, 1.165) is 4.47 Å². The number of Topliss-reactive ketones (excluding diaryl/α,β-unsaturated/α-hetero) is 1. The average Bonchev–Trinajstić information content (AvgIpc) is 2.25. The van der Waals surface area contributed by atoms with Crippen LogP contribution in [0.4, 0.5) is 13.2 Å². The molecule has 0 aliphatic rings. The Balaban J connectivity index is 2.56. The first-order chi connectivity index (χ1) is 7.80. The maximum absolute atomic E-state index is 11.8. The Bertz CT molecular complexity index is 430.